The van der Waals surface area contributed by atoms with Crippen molar-refractivity contribution in [1.82, 2.24) is 30.0 Å². The molecule has 0 saturated carbocycles. The van der Waals surface area contributed by atoms with Crippen LogP contribution in [0.4, 0.5) is 21.0 Å². The predicted octanol–water partition coefficient (Wildman–Crippen LogP) is 3.00. The third-order valence-electron chi connectivity index (χ3n) is 4.64. The maximum atomic E-state index is 15.3. The molecule has 0 unspecified atom stereocenters. The first kappa shape index (κ1) is 25.8. The van der Waals surface area contributed by atoms with Gasteiger partial charge in [0.05, 0.1) is 19.1 Å². The van der Waals surface area contributed by atoms with Crippen molar-refractivity contribution in [3.8, 4) is 22.5 Å². The minimum atomic E-state index is -3.75. The first-order chi connectivity index (χ1) is 16.3. The van der Waals surface area contributed by atoms with Gasteiger partial charge in [0.2, 0.25) is 16.0 Å². The zero-order valence-corrected chi connectivity index (χ0v) is 20.9. The van der Waals surface area contributed by atoms with Gasteiger partial charge >= 0.3 is 6.09 Å². The number of carbonyl (C=O) groups excluding carboxylic acids is 1. The van der Waals surface area contributed by atoms with Crippen LogP contribution in [-0.4, -0.2) is 58.3 Å². The predicted molar refractivity (Wildman–Crippen MR) is 129 cm³/mol. The third kappa shape index (κ3) is 6.41. The van der Waals surface area contributed by atoms with Crippen LogP contribution < -0.4 is 15.4 Å². The molecular weight excluding hydrogens is 479 g/mol. The molecule has 0 fully saturated rings. The van der Waals surface area contributed by atoms with E-state index in [0.29, 0.717) is 11.3 Å². The molecule has 0 aliphatic carbocycles. The van der Waals surface area contributed by atoms with Crippen molar-refractivity contribution in [2.75, 3.05) is 23.4 Å². The summed E-state index contributed by atoms with van der Waals surface area (Å²) < 4.78 is 46.9. The number of pyridine rings is 1. The fourth-order valence-corrected chi connectivity index (χ4v) is 3.60. The van der Waals surface area contributed by atoms with Gasteiger partial charge in [-0.15, -0.1) is 0 Å². The largest absolute Gasteiger partial charge is 0.453 e. The summed E-state index contributed by atoms with van der Waals surface area (Å²) in [5, 5.41) is 10.2. The van der Waals surface area contributed by atoms with E-state index < -0.39 is 33.4 Å². The Bertz CT molecular complexity index is 1340. The highest BCUT2D eigenvalue weighted by atomic mass is 32.2. The molecular formula is C21H27FN8O4S. The van der Waals surface area contributed by atoms with Gasteiger partial charge in [0.25, 0.3) is 0 Å². The Kier molecular flexibility index (Phi) is 7.24. The van der Waals surface area contributed by atoms with E-state index in [4.69, 9.17) is 0 Å². The normalized spacial score (nSPS) is 11.9. The molecule has 0 aliphatic rings. The molecule has 1 amide bonds. The van der Waals surface area contributed by atoms with Crippen molar-refractivity contribution >= 4 is 27.9 Å². The first-order valence-electron chi connectivity index (χ1n) is 10.5. The average Bonchev–Trinajstić information content (AvgIpc) is 3.19. The number of nitrogens with zero attached hydrogens (tertiary/aromatic N) is 5. The molecule has 0 saturated heterocycles. The van der Waals surface area contributed by atoms with E-state index in [1.807, 2.05) is 13.8 Å². The Labute approximate surface area is 202 Å². The smallest absolute Gasteiger partial charge is 0.408 e. The zero-order chi connectivity index (χ0) is 26.0. The zero-order valence-electron chi connectivity index (χ0n) is 20.1. The van der Waals surface area contributed by atoms with Gasteiger partial charge in [-0.1, -0.05) is 0 Å². The molecule has 0 aliphatic heterocycles. The van der Waals surface area contributed by atoms with Crippen LogP contribution in [-0.2, 0) is 14.8 Å². The van der Waals surface area contributed by atoms with E-state index in [1.54, 1.807) is 30.8 Å². The second-order valence-corrected chi connectivity index (χ2v) is 10.2. The lowest BCUT2D eigenvalue weighted by Gasteiger charge is -2.26. The molecule has 0 atom stereocenters. The number of alkyl carbamates (subject to hydrolysis) is 1. The summed E-state index contributed by atoms with van der Waals surface area (Å²) in [6, 6.07) is 2.98. The monoisotopic (exact) mass is 506 g/mol. The lowest BCUT2D eigenvalue weighted by atomic mass is 10.1. The van der Waals surface area contributed by atoms with Crippen molar-refractivity contribution in [2.45, 2.75) is 39.4 Å². The van der Waals surface area contributed by atoms with Crippen molar-refractivity contribution < 1.29 is 22.3 Å². The Morgan fingerprint density at radius 2 is 1.86 bits per heavy atom. The van der Waals surface area contributed by atoms with Crippen molar-refractivity contribution in [3.63, 3.8) is 0 Å². The number of ether oxygens (including phenoxy) is 1. The summed E-state index contributed by atoms with van der Waals surface area (Å²) in [6.07, 6.45) is 4.79. The number of rotatable bonds is 8. The molecule has 3 heterocycles. The van der Waals surface area contributed by atoms with E-state index in [-0.39, 0.29) is 23.2 Å². The number of hydrogen-bond acceptors (Lipinski definition) is 9. The van der Waals surface area contributed by atoms with Crippen LogP contribution in [0.1, 0.15) is 33.7 Å². The van der Waals surface area contributed by atoms with Gasteiger partial charge in [-0.05, 0) is 39.8 Å². The average molecular weight is 507 g/mol. The van der Waals surface area contributed by atoms with Crippen LogP contribution >= 0.6 is 0 Å². The van der Waals surface area contributed by atoms with E-state index in [2.05, 4.69) is 40.1 Å². The van der Waals surface area contributed by atoms with Crippen molar-refractivity contribution in [2.24, 2.45) is 0 Å². The number of hydrogen-bond donors (Lipinski definition) is 3. The molecule has 12 nitrogen and oxygen atoms in total. The summed E-state index contributed by atoms with van der Waals surface area (Å²) in [5.41, 5.74) is 0.249. The maximum Gasteiger partial charge on any atom is 0.408 e. The Morgan fingerprint density at radius 3 is 2.49 bits per heavy atom. The van der Waals surface area contributed by atoms with Gasteiger partial charge < -0.3 is 10.1 Å². The van der Waals surface area contributed by atoms with Gasteiger partial charge in [-0.2, -0.15) is 5.10 Å². The highest BCUT2D eigenvalue weighted by molar-refractivity contribution is 7.92. The molecule has 3 rings (SSSR count). The van der Waals surface area contributed by atoms with E-state index in [0.717, 1.165) is 6.26 Å². The van der Waals surface area contributed by atoms with Gasteiger partial charge in [0.1, 0.15) is 11.4 Å². The molecule has 3 aromatic rings. The molecule has 0 spiro atoms. The van der Waals surface area contributed by atoms with Gasteiger partial charge in [-0.3, -0.25) is 14.7 Å². The Hall–Kier alpha value is -3.81. The molecule has 35 heavy (non-hydrogen) atoms. The fraction of sp³-hybridized carbons (Fsp3) is 0.381. The molecule has 0 bridgehead atoms. The second kappa shape index (κ2) is 9.82. The Balaban J connectivity index is 2.08. The van der Waals surface area contributed by atoms with Crippen LogP contribution in [0.2, 0.25) is 0 Å². The summed E-state index contributed by atoms with van der Waals surface area (Å²) in [4.78, 5) is 24.1. The minimum absolute atomic E-state index is 0.0429. The van der Waals surface area contributed by atoms with Crippen molar-refractivity contribution in [3.05, 3.63) is 36.5 Å². The lowest BCUT2D eigenvalue weighted by Crippen LogP contribution is -2.49. The topological polar surface area (TPSA) is 153 Å². The van der Waals surface area contributed by atoms with Crippen molar-refractivity contribution in [1.29, 1.82) is 0 Å². The van der Waals surface area contributed by atoms with E-state index in [1.165, 1.54) is 25.6 Å². The van der Waals surface area contributed by atoms with Gasteiger partial charge in [-0.25, -0.2) is 32.6 Å². The van der Waals surface area contributed by atoms with Crippen LogP contribution in [0.3, 0.4) is 0 Å². The molecule has 3 aromatic heterocycles. The summed E-state index contributed by atoms with van der Waals surface area (Å²) in [5.74, 6) is -1.11. The standard InChI is InChI=1S/C21H27FN8O4S/c1-12(2)30-11-14(15-8-10-24-19(25-15)26-21(3,4)27-20(31)34-5)17(28-30)13-7-9-23-18(16(13)22)29-35(6,32)33/h7-12H,1-6H3,(H,23,29)(H,27,31)(H,24,25,26). The van der Waals surface area contributed by atoms with Crippen LogP contribution in [0.25, 0.3) is 22.5 Å². The number of carbonyl (C=O) groups is 1. The number of methoxy groups -OCH3 is 1. The molecule has 188 valence electrons. The number of amides is 1. The second-order valence-electron chi connectivity index (χ2n) is 8.49. The third-order valence-corrected chi connectivity index (χ3v) is 5.21. The Morgan fingerprint density at radius 1 is 1.17 bits per heavy atom. The summed E-state index contributed by atoms with van der Waals surface area (Å²) in [6.45, 7) is 7.22. The van der Waals surface area contributed by atoms with Gasteiger partial charge in [0, 0.05) is 35.8 Å². The number of sulfonamides is 1. The molecule has 0 radical (unpaired) electrons. The summed E-state index contributed by atoms with van der Waals surface area (Å²) in [7, 11) is -2.49. The van der Waals surface area contributed by atoms with Crippen LogP contribution in [0.15, 0.2) is 30.7 Å². The first-order valence-corrected chi connectivity index (χ1v) is 12.4. The number of nitrogens with one attached hydrogen (secondary N) is 3. The minimum Gasteiger partial charge on any atom is -0.453 e. The SMILES string of the molecule is COC(=O)NC(C)(C)Nc1nccc(-c2cn(C(C)C)nc2-c2ccnc(NS(C)(=O)=O)c2F)n1. The maximum absolute atomic E-state index is 15.3. The fourth-order valence-electron chi connectivity index (χ4n) is 3.10. The van der Waals surface area contributed by atoms with Crippen LogP contribution in [0.5, 0.6) is 0 Å². The van der Waals surface area contributed by atoms with E-state index in [9.17, 15) is 13.2 Å². The number of aromatic nitrogens is 5. The molecule has 3 N–H and O–H groups in total. The molecule has 14 heteroatoms. The quantitative estimate of drug-likeness (QED) is 0.391. The summed E-state index contributed by atoms with van der Waals surface area (Å²) >= 11 is 0. The highest BCUT2D eigenvalue weighted by Crippen LogP contribution is 2.34. The lowest BCUT2D eigenvalue weighted by molar-refractivity contribution is 0.162. The van der Waals surface area contributed by atoms with E-state index >= 15 is 4.39 Å². The van der Waals surface area contributed by atoms with Crippen LogP contribution in [0, 0.1) is 5.82 Å². The van der Waals surface area contributed by atoms with Gasteiger partial charge in [0.15, 0.2) is 11.6 Å². The number of anilines is 2. The number of halogens is 1. The highest BCUT2D eigenvalue weighted by Gasteiger charge is 2.24. The molecule has 0 aromatic carbocycles.